The van der Waals surface area contributed by atoms with Crippen LogP contribution in [0.5, 0.6) is 0 Å². The second-order valence-electron chi connectivity index (χ2n) is 11.2. The van der Waals surface area contributed by atoms with Crippen molar-refractivity contribution in [1.82, 2.24) is 15.1 Å². The van der Waals surface area contributed by atoms with Crippen LogP contribution in [0.3, 0.4) is 0 Å². The Morgan fingerprint density at radius 3 is 2.14 bits per heavy atom. The zero-order chi connectivity index (χ0) is 29.8. The summed E-state index contributed by atoms with van der Waals surface area (Å²) in [5.41, 5.74) is 7.41. The summed E-state index contributed by atoms with van der Waals surface area (Å²) in [6.45, 7) is 6.78. The third kappa shape index (κ3) is 6.31. The Labute approximate surface area is 253 Å². The molecule has 2 aliphatic rings. The normalized spacial score (nSPS) is 16.4. The molecule has 2 aliphatic heterocycles. The standard InChI is InChI=1S/C36H37N5O2/c1-26-12-14-28(15-13-26)25-37-35(43)24-34-32-10-6-7-11-33(32)38-36(40-22-20-39(21-23-40)27(2)42)41(34)31-18-16-30(17-19-31)29-8-4-3-5-9-29/h3-19,34H,20-25H2,1-2H3,(H,37,43). The number of nitrogens with zero attached hydrogens (tertiary/aromatic N) is 4. The molecular weight excluding hydrogens is 534 g/mol. The van der Waals surface area contributed by atoms with E-state index in [4.69, 9.17) is 4.99 Å². The van der Waals surface area contributed by atoms with E-state index in [9.17, 15) is 9.59 Å². The smallest absolute Gasteiger partial charge is 0.222 e. The minimum atomic E-state index is -0.255. The molecule has 7 heteroatoms. The van der Waals surface area contributed by atoms with Crippen molar-refractivity contribution in [1.29, 1.82) is 0 Å². The molecule has 7 nitrogen and oxygen atoms in total. The van der Waals surface area contributed by atoms with E-state index in [-0.39, 0.29) is 24.3 Å². The highest BCUT2D eigenvalue weighted by atomic mass is 16.2. The monoisotopic (exact) mass is 571 g/mol. The molecule has 6 rings (SSSR count). The molecule has 4 aromatic carbocycles. The molecule has 0 spiro atoms. The van der Waals surface area contributed by atoms with Crippen LogP contribution in [-0.2, 0) is 16.1 Å². The second kappa shape index (κ2) is 12.5. The molecule has 0 saturated carbocycles. The average Bonchev–Trinajstić information content (AvgIpc) is 3.05. The van der Waals surface area contributed by atoms with Gasteiger partial charge < -0.3 is 20.0 Å². The first kappa shape index (κ1) is 28.2. The number of rotatable bonds is 6. The Hall–Kier alpha value is -4.91. The summed E-state index contributed by atoms with van der Waals surface area (Å²) in [6, 6.07) is 34.9. The van der Waals surface area contributed by atoms with Crippen molar-refractivity contribution in [3.05, 3.63) is 120 Å². The summed E-state index contributed by atoms with van der Waals surface area (Å²) in [4.78, 5) is 37.1. The number of hydrogen-bond acceptors (Lipinski definition) is 5. The van der Waals surface area contributed by atoms with Gasteiger partial charge in [-0.3, -0.25) is 9.59 Å². The van der Waals surface area contributed by atoms with Crippen LogP contribution < -0.4 is 10.2 Å². The van der Waals surface area contributed by atoms with Crippen LogP contribution in [0.2, 0.25) is 0 Å². The van der Waals surface area contributed by atoms with Gasteiger partial charge in [0.15, 0.2) is 0 Å². The van der Waals surface area contributed by atoms with Crippen LogP contribution in [0.1, 0.15) is 36.1 Å². The topological polar surface area (TPSA) is 68.2 Å². The number of amides is 2. The largest absolute Gasteiger partial charge is 0.352 e. The Morgan fingerprint density at radius 1 is 0.791 bits per heavy atom. The molecule has 218 valence electrons. The molecule has 4 aromatic rings. The van der Waals surface area contributed by atoms with Crippen molar-refractivity contribution in [2.75, 3.05) is 31.1 Å². The van der Waals surface area contributed by atoms with Gasteiger partial charge in [0.2, 0.25) is 17.8 Å². The molecule has 0 aromatic heterocycles. The maximum Gasteiger partial charge on any atom is 0.222 e. The van der Waals surface area contributed by atoms with Crippen LogP contribution in [0.4, 0.5) is 11.4 Å². The molecule has 2 heterocycles. The number of aliphatic imine (C=N–C) groups is 1. The minimum absolute atomic E-state index is 0.0195. The molecule has 0 bridgehead atoms. The van der Waals surface area contributed by atoms with Crippen molar-refractivity contribution in [3.63, 3.8) is 0 Å². The number of carbonyl (C=O) groups is 2. The number of carbonyl (C=O) groups excluding carboxylic acids is 2. The maximum absolute atomic E-state index is 13.5. The number of nitrogens with one attached hydrogen (secondary N) is 1. The zero-order valence-corrected chi connectivity index (χ0v) is 24.7. The minimum Gasteiger partial charge on any atom is -0.352 e. The third-order valence-electron chi connectivity index (χ3n) is 8.29. The van der Waals surface area contributed by atoms with Crippen molar-refractivity contribution >= 4 is 29.1 Å². The van der Waals surface area contributed by atoms with Gasteiger partial charge >= 0.3 is 0 Å². The molecule has 1 fully saturated rings. The SMILES string of the molecule is CC(=O)N1CCN(C2=Nc3ccccc3C(CC(=O)NCc3ccc(C)cc3)N2c2ccc(-c3ccccc3)cc2)CC1. The molecule has 1 N–H and O–H groups in total. The van der Waals surface area contributed by atoms with E-state index >= 15 is 0 Å². The van der Waals surface area contributed by atoms with E-state index in [2.05, 4.69) is 88.8 Å². The van der Waals surface area contributed by atoms with Gasteiger partial charge in [-0.25, -0.2) is 4.99 Å². The number of fused-ring (bicyclic) bond motifs is 1. The predicted molar refractivity (Wildman–Crippen MR) is 172 cm³/mol. The van der Waals surface area contributed by atoms with Crippen molar-refractivity contribution < 1.29 is 9.59 Å². The highest BCUT2D eigenvalue weighted by molar-refractivity contribution is 6.01. The highest BCUT2D eigenvalue weighted by Gasteiger charge is 2.36. The van der Waals surface area contributed by atoms with E-state index in [1.54, 1.807) is 6.92 Å². The predicted octanol–water partition coefficient (Wildman–Crippen LogP) is 6.08. The van der Waals surface area contributed by atoms with E-state index in [1.165, 1.54) is 5.56 Å². The Balaban J connectivity index is 1.34. The molecule has 1 atom stereocenters. The fourth-order valence-corrected chi connectivity index (χ4v) is 5.85. The lowest BCUT2D eigenvalue weighted by molar-refractivity contribution is -0.130. The van der Waals surface area contributed by atoms with Crippen LogP contribution >= 0.6 is 0 Å². The number of piperazine rings is 1. The molecule has 0 aliphatic carbocycles. The number of anilines is 1. The Morgan fingerprint density at radius 2 is 1.44 bits per heavy atom. The maximum atomic E-state index is 13.5. The molecular formula is C36H37N5O2. The van der Waals surface area contributed by atoms with Gasteiger partial charge in [0, 0.05) is 50.9 Å². The van der Waals surface area contributed by atoms with Crippen molar-refractivity contribution in [2.45, 2.75) is 32.9 Å². The number of aryl methyl sites for hydroxylation is 1. The van der Waals surface area contributed by atoms with Gasteiger partial charge in [-0.15, -0.1) is 0 Å². The van der Waals surface area contributed by atoms with Crippen LogP contribution in [0, 0.1) is 6.92 Å². The van der Waals surface area contributed by atoms with Gasteiger partial charge in [0.25, 0.3) is 0 Å². The summed E-state index contributed by atoms with van der Waals surface area (Å²) in [7, 11) is 0. The molecule has 43 heavy (non-hydrogen) atoms. The van der Waals surface area contributed by atoms with Crippen LogP contribution in [0.25, 0.3) is 11.1 Å². The van der Waals surface area contributed by atoms with E-state index in [1.807, 2.05) is 41.3 Å². The quantitative estimate of drug-likeness (QED) is 0.305. The average molecular weight is 572 g/mol. The Bertz CT molecular complexity index is 1610. The van der Waals surface area contributed by atoms with Crippen molar-refractivity contribution in [2.24, 2.45) is 4.99 Å². The number of hydrogen-bond donors (Lipinski definition) is 1. The molecule has 1 saturated heterocycles. The summed E-state index contributed by atoms with van der Waals surface area (Å²) >= 11 is 0. The number of benzene rings is 4. The van der Waals surface area contributed by atoms with Crippen molar-refractivity contribution in [3.8, 4) is 11.1 Å². The number of guanidine groups is 1. The third-order valence-corrected chi connectivity index (χ3v) is 8.29. The van der Waals surface area contributed by atoms with Gasteiger partial charge in [-0.1, -0.05) is 90.5 Å². The lowest BCUT2D eigenvalue weighted by Crippen LogP contribution is -2.56. The number of para-hydroxylation sites is 1. The molecule has 0 radical (unpaired) electrons. The first-order valence-electron chi connectivity index (χ1n) is 14.9. The fraction of sp³-hybridized carbons (Fsp3) is 0.250. The summed E-state index contributed by atoms with van der Waals surface area (Å²) in [5, 5.41) is 3.15. The highest BCUT2D eigenvalue weighted by Crippen LogP contribution is 2.41. The first-order chi connectivity index (χ1) is 21.0. The van der Waals surface area contributed by atoms with Crippen LogP contribution in [-0.4, -0.2) is 53.8 Å². The van der Waals surface area contributed by atoms with Gasteiger partial charge in [0.1, 0.15) is 0 Å². The second-order valence-corrected chi connectivity index (χ2v) is 11.2. The van der Waals surface area contributed by atoms with Gasteiger partial charge in [-0.2, -0.15) is 0 Å². The van der Waals surface area contributed by atoms with E-state index < -0.39 is 0 Å². The van der Waals surface area contributed by atoms with E-state index in [0.717, 1.165) is 39.6 Å². The van der Waals surface area contributed by atoms with Gasteiger partial charge in [0.05, 0.1) is 18.2 Å². The lowest BCUT2D eigenvalue weighted by Gasteiger charge is -2.44. The molecule has 2 amide bonds. The first-order valence-corrected chi connectivity index (χ1v) is 14.9. The summed E-state index contributed by atoms with van der Waals surface area (Å²) in [6.07, 6.45) is 0.274. The van der Waals surface area contributed by atoms with Crippen LogP contribution in [0.15, 0.2) is 108 Å². The van der Waals surface area contributed by atoms with E-state index in [0.29, 0.717) is 32.7 Å². The van der Waals surface area contributed by atoms with Gasteiger partial charge in [-0.05, 0) is 41.8 Å². The fourth-order valence-electron chi connectivity index (χ4n) is 5.85. The summed E-state index contributed by atoms with van der Waals surface area (Å²) in [5.74, 6) is 0.881. The Kier molecular flexibility index (Phi) is 8.22. The summed E-state index contributed by atoms with van der Waals surface area (Å²) < 4.78 is 0. The lowest BCUT2D eigenvalue weighted by atomic mass is 9.96. The zero-order valence-electron chi connectivity index (χ0n) is 24.7. The molecule has 1 unspecified atom stereocenters.